The normalized spacial score (nSPS) is 9.35. The molecule has 0 aromatic carbocycles. The number of rotatable bonds is 2. The number of hydrogen-bond donors (Lipinski definition) is 0. The molecule has 17 heavy (non-hydrogen) atoms. The molecule has 0 aliphatic heterocycles. The highest BCUT2D eigenvalue weighted by molar-refractivity contribution is 5.10. The zero-order valence-corrected chi connectivity index (χ0v) is 10.9. The second kappa shape index (κ2) is 7.55. The van der Waals surface area contributed by atoms with Gasteiger partial charge in [-0.15, -0.1) is 0 Å². The third-order valence-corrected chi connectivity index (χ3v) is 2.29. The van der Waals surface area contributed by atoms with Crippen LogP contribution in [0.4, 0.5) is 0 Å². The maximum Gasteiger partial charge on any atom is 0.0403 e. The minimum atomic E-state index is 0. The fourth-order valence-corrected chi connectivity index (χ4v) is 1.34. The molecule has 0 saturated carbocycles. The maximum absolute atomic E-state index is 4.17. The Hall–Kier alpha value is -1.70. The monoisotopic (exact) mass is 230 g/mol. The highest BCUT2D eigenvalue weighted by Gasteiger charge is 1.86. The van der Waals surface area contributed by atoms with E-state index in [-0.39, 0.29) is 1.43 Å². The van der Waals surface area contributed by atoms with Crippen molar-refractivity contribution in [3.8, 4) is 0 Å². The predicted octanol–water partition coefficient (Wildman–Crippen LogP) is 3.98. The van der Waals surface area contributed by atoms with Crippen LogP contribution in [0.25, 0.3) is 0 Å². The second-order valence-electron chi connectivity index (χ2n) is 4.05. The molecule has 0 fully saturated rings. The molecule has 0 bridgehead atoms. The van der Waals surface area contributed by atoms with Crippen LogP contribution in [0.15, 0.2) is 42.7 Å². The van der Waals surface area contributed by atoms with Gasteiger partial charge in [0.15, 0.2) is 0 Å². The quantitative estimate of drug-likeness (QED) is 0.780. The van der Waals surface area contributed by atoms with E-state index in [2.05, 4.69) is 29.0 Å². The fourth-order valence-electron chi connectivity index (χ4n) is 1.34. The van der Waals surface area contributed by atoms with Crippen LogP contribution in [0, 0.1) is 13.8 Å². The lowest BCUT2D eigenvalue weighted by atomic mass is 10.2. The van der Waals surface area contributed by atoms with Crippen molar-refractivity contribution in [1.29, 1.82) is 0 Å². The van der Waals surface area contributed by atoms with Crippen molar-refractivity contribution >= 4 is 0 Å². The average molecular weight is 230 g/mol. The van der Waals surface area contributed by atoms with Gasteiger partial charge in [0.2, 0.25) is 0 Å². The van der Waals surface area contributed by atoms with E-state index in [1.54, 1.807) is 0 Å². The van der Waals surface area contributed by atoms with Gasteiger partial charge in [-0.05, 0) is 44.0 Å². The first-order valence-corrected chi connectivity index (χ1v) is 6.01. The molecule has 0 unspecified atom stereocenters. The molecule has 0 N–H and O–H groups in total. The van der Waals surface area contributed by atoms with Crippen LogP contribution in [-0.2, 0) is 6.42 Å². The van der Waals surface area contributed by atoms with Gasteiger partial charge in [-0.3, -0.25) is 9.97 Å². The lowest BCUT2D eigenvalue weighted by Crippen LogP contribution is -1.84. The van der Waals surface area contributed by atoms with Crippen LogP contribution < -0.4 is 0 Å². The highest BCUT2D eigenvalue weighted by Crippen LogP contribution is 1.96. The molecule has 2 rings (SSSR count). The molecule has 92 valence electrons. The summed E-state index contributed by atoms with van der Waals surface area (Å²) in [4.78, 5) is 8.25. The lowest BCUT2D eigenvalue weighted by Gasteiger charge is -1.92. The largest absolute Gasteiger partial charge is 0.261 e. The van der Waals surface area contributed by atoms with Gasteiger partial charge in [-0.25, -0.2) is 0 Å². The van der Waals surface area contributed by atoms with Gasteiger partial charge < -0.3 is 0 Å². The molecule has 2 nitrogen and oxygen atoms in total. The first kappa shape index (κ1) is 13.4. The summed E-state index contributed by atoms with van der Waals surface area (Å²) in [6.07, 6.45) is 5.98. The summed E-state index contributed by atoms with van der Waals surface area (Å²) in [5, 5.41) is 0. The van der Waals surface area contributed by atoms with Crippen LogP contribution in [0.5, 0.6) is 0 Å². The number of pyridine rings is 2. The van der Waals surface area contributed by atoms with Crippen LogP contribution in [0.1, 0.15) is 31.7 Å². The fraction of sp³-hybridized carbons (Fsp3) is 0.333. The van der Waals surface area contributed by atoms with E-state index < -0.39 is 0 Å². The molecule has 0 spiro atoms. The van der Waals surface area contributed by atoms with Crippen LogP contribution in [0.3, 0.4) is 0 Å². The minimum Gasteiger partial charge on any atom is -0.261 e. The highest BCUT2D eigenvalue weighted by atomic mass is 14.7. The van der Waals surface area contributed by atoms with E-state index in [9.17, 15) is 0 Å². The summed E-state index contributed by atoms with van der Waals surface area (Å²) in [6, 6.07) is 10.1. The molecule has 0 saturated heterocycles. The number of aryl methyl sites for hydroxylation is 3. The molecule has 2 aromatic rings. The average Bonchev–Trinajstić information content (AvgIpc) is 2.36. The molecule has 0 radical (unpaired) electrons. The van der Waals surface area contributed by atoms with Crippen LogP contribution >= 0.6 is 0 Å². The van der Waals surface area contributed by atoms with Gasteiger partial charge in [-0.1, -0.05) is 25.5 Å². The van der Waals surface area contributed by atoms with Gasteiger partial charge in [0.1, 0.15) is 0 Å². The van der Waals surface area contributed by atoms with E-state index in [0.29, 0.717) is 0 Å². The molecule has 0 aliphatic rings. The zero-order chi connectivity index (χ0) is 12.5. The molecule has 2 heterocycles. The molecule has 0 amide bonds. The van der Waals surface area contributed by atoms with Crippen molar-refractivity contribution in [1.82, 2.24) is 9.97 Å². The SMILES string of the molecule is CCCc1ccccn1.Cc1ccc(C)nc1.[HH]. The van der Waals surface area contributed by atoms with Crippen LogP contribution in [0.2, 0.25) is 0 Å². The molecular formula is C15H22N2. The summed E-state index contributed by atoms with van der Waals surface area (Å²) in [6.45, 7) is 6.18. The molecule has 2 aromatic heterocycles. The third kappa shape index (κ3) is 5.81. The molecule has 0 atom stereocenters. The van der Waals surface area contributed by atoms with E-state index in [0.717, 1.165) is 12.1 Å². The summed E-state index contributed by atoms with van der Waals surface area (Å²) in [7, 11) is 0. The van der Waals surface area contributed by atoms with Crippen molar-refractivity contribution in [2.45, 2.75) is 33.6 Å². The Morgan fingerprint density at radius 1 is 1.06 bits per heavy atom. The van der Waals surface area contributed by atoms with E-state index in [4.69, 9.17) is 0 Å². The number of nitrogens with zero attached hydrogens (tertiary/aromatic N) is 2. The third-order valence-electron chi connectivity index (χ3n) is 2.29. The van der Waals surface area contributed by atoms with Gasteiger partial charge in [0, 0.05) is 25.2 Å². The minimum absolute atomic E-state index is 0. The molecule has 0 aliphatic carbocycles. The van der Waals surface area contributed by atoms with Crippen molar-refractivity contribution in [2.24, 2.45) is 0 Å². The van der Waals surface area contributed by atoms with Crippen molar-refractivity contribution in [3.05, 3.63) is 59.7 Å². The molecule has 2 heteroatoms. The maximum atomic E-state index is 4.17. The Balaban J connectivity index is 0.000000306. The Morgan fingerprint density at radius 2 is 1.88 bits per heavy atom. The standard InChI is InChI=1S/C8H11N.C7H9N.H2/c1-2-5-8-6-3-4-7-9-8;1-6-3-4-7(2)8-5-6;/h3-4,6-7H,2,5H2,1H3;3-5H,1-2H3;1H. The topological polar surface area (TPSA) is 25.8 Å². The first-order chi connectivity index (χ1) is 8.22. The number of hydrogen-bond acceptors (Lipinski definition) is 2. The summed E-state index contributed by atoms with van der Waals surface area (Å²) in [5.74, 6) is 0. The van der Waals surface area contributed by atoms with Gasteiger partial charge in [-0.2, -0.15) is 0 Å². The summed E-state index contributed by atoms with van der Waals surface area (Å²) >= 11 is 0. The lowest BCUT2D eigenvalue weighted by molar-refractivity contribution is 0.883. The van der Waals surface area contributed by atoms with Gasteiger partial charge in [0.05, 0.1) is 0 Å². The van der Waals surface area contributed by atoms with Crippen LogP contribution in [-0.4, -0.2) is 9.97 Å². The first-order valence-electron chi connectivity index (χ1n) is 6.01. The van der Waals surface area contributed by atoms with E-state index >= 15 is 0 Å². The van der Waals surface area contributed by atoms with Gasteiger partial charge >= 0.3 is 0 Å². The second-order valence-corrected chi connectivity index (χ2v) is 4.05. The number of aromatic nitrogens is 2. The van der Waals surface area contributed by atoms with Crippen molar-refractivity contribution in [2.75, 3.05) is 0 Å². The van der Waals surface area contributed by atoms with Gasteiger partial charge in [0.25, 0.3) is 0 Å². The van der Waals surface area contributed by atoms with E-state index in [1.807, 2.05) is 44.4 Å². The molecular weight excluding hydrogens is 208 g/mol. The summed E-state index contributed by atoms with van der Waals surface area (Å²) in [5.41, 5.74) is 3.49. The van der Waals surface area contributed by atoms with Crippen molar-refractivity contribution < 1.29 is 1.43 Å². The Kier molecular flexibility index (Phi) is 5.94. The summed E-state index contributed by atoms with van der Waals surface area (Å²) < 4.78 is 0. The predicted molar refractivity (Wildman–Crippen MR) is 74.1 cm³/mol. The van der Waals surface area contributed by atoms with Crippen molar-refractivity contribution in [3.63, 3.8) is 0 Å². The Labute approximate surface area is 105 Å². The smallest absolute Gasteiger partial charge is 0.0403 e. The van der Waals surface area contributed by atoms with E-state index in [1.165, 1.54) is 17.7 Å². The zero-order valence-electron chi connectivity index (χ0n) is 10.9. The Morgan fingerprint density at radius 3 is 2.35 bits per heavy atom. The Bertz CT molecular complexity index is 391.